The average Bonchev–Trinajstić information content (AvgIpc) is 2.43. The summed E-state index contributed by atoms with van der Waals surface area (Å²) in [6.45, 7) is 8.94. The molecule has 0 aromatic carbocycles. The van der Waals surface area contributed by atoms with Gasteiger partial charge in [0.25, 0.3) is 0 Å². The minimum atomic E-state index is 1.13. The average molecular weight is 179 g/mol. The Morgan fingerprint density at radius 3 is 2.15 bits per heavy atom. The highest BCUT2D eigenvalue weighted by molar-refractivity contribution is 5.36. The molecule has 1 aromatic rings. The summed E-state index contributed by atoms with van der Waals surface area (Å²) in [7, 11) is 0. The maximum atomic E-state index is 3.55. The van der Waals surface area contributed by atoms with E-state index in [0.29, 0.717) is 0 Å². The Hall–Kier alpha value is -0.720. The molecule has 1 heteroatoms. The van der Waals surface area contributed by atoms with Gasteiger partial charge in [-0.3, -0.25) is 0 Å². The molecule has 1 heterocycles. The molecule has 0 unspecified atom stereocenters. The zero-order chi connectivity index (χ0) is 9.84. The van der Waals surface area contributed by atoms with Crippen molar-refractivity contribution in [2.75, 3.05) is 0 Å². The fraction of sp³-hybridized carbons (Fsp3) is 0.667. The third kappa shape index (κ3) is 1.96. The normalized spacial score (nSPS) is 10.8. The van der Waals surface area contributed by atoms with Gasteiger partial charge in [-0.05, 0) is 37.3 Å². The van der Waals surface area contributed by atoms with Crippen molar-refractivity contribution in [2.45, 2.75) is 53.4 Å². The van der Waals surface area contributed by atoms with Crippen LogP contribution in [0.3, 0.4) is 0 Å². The third-order valence-corrected chi connectivity index (χ3v) is 2.78. The molecule has 74 valence electrons. The van der Waals surface area contributed by atoms with Gasteiger partial charge in [-0.2, -0.15) is 0 Å². The van der Waals surface area contributed by atoms with Gasteiger partial charge in [0.1, 0.15) is 0 Å². The molecule has 0 bridgehead atoms. The predicted molar refractivity (Wildman–Crippen MR) is 58.3 cm³/mol. The zero-order valence-electron chi connectivity index (χ0n) is 9.33. The fourth-order valence-electron chi connectivity index (χ4n) is 2.06. The summed E-state index contributed by atoms with van der Waals surface area (Å²) >= 11 is 0. The molecule has 0 fully saturated rings. The standard InChI is InChI=1S/C12H21N/c1-5-8-12-10(6-2)9(4)11(7-3)13-12/h13H,5-8H2,1-4H3. The van der Waals surface area contributed by atoms with Gasteiger partial charge in [0.2, 0.25) is 0 Å². The van der Waals surface area contributed by atoms with Gasteiger partial charge in [0, 0.05) is 11.4 Å². The van der Waals surface area contributed by atoms with E-state index in [0.717, 1.165) is 12.8 Å². The Morgan fingerprint density at radius 2 is 1.69 bits per heavy atom. The number of nitrogens with one attached hydrogen (secondary N) is 1. The summed E-state index contributed by atoms with van der Waals surface area (Å²) in [5, 5.41) is 0. The second-order valence-electron chi connectivity index (χ2n) is 3.64. The summed E-state index contributed by atoms with van der Waals surface area (Å²) in [4.78, 5) is 3.55. The van der Waals surface area contributed by atoms with Crippen molar-refractivity contribution >= 4 is 0 Å². The van der Waals surface area contributed by atoms with Crippen molar-refractivity contribution in [3.8, 4) is 0 Å². The van der Waals surface area contributed by atoms with Crippen molar-refractivity contribution < 1.29 is 0 Å². The van der Waals surface area contributed by atoms with Crippen molar-refractivity contribution in [1.82, 2.24) is 4.98 Å². The predicted octanol–water partition coefficient (Wildman–Crippen LogP) is 3.40. The first-order chi connectivity index (χ1) is 6.24. The lowest BCUT2D eigenvalue weighted by atomic mass is 10.0. The second kappa shape index (κ2) is 4.50. The van der Waals surface area contributed by atoms with E-state index >= 15 is 0 Å². The molecular formula is C12H21N. The SMILES string of the molecule is CCCc1[nH]c(CC)c(C)c1CC. The van der Waals surface area contributed by atoms with Crippen LogP contribution in [0.5, 0.6) is 0 Å². The van der Waals surface area contributed by atoms with Crippen LogP contribution in [0, 0.1) is 6.92 Å². The number of H-pyrrole nitrogens is 1. The quantitative estimate of drug-likeness (QED) is 0.729. The summed E-state index contributed by atoms with van der Waals surface area (Å²) in [5.41, 5.74) is 5.95. The highest BCUT2D eigenvalue weighted by Crippen LogP contribution is 2.20. The van der Waals surface area contributed by atoms with Crippen LogP contribution in [0.25, 0.3) is 0 Å². The molecule has 0 radical (unpaired) electrons. The van der Waals surface area contributed by atoms with E-state index in [9.17, 15) is 0 Å². The zero-order valence-corrected chi connectivity index (χ0v) is 9.33. The largest absolute Gasteiger partial charge is 0.362 e. The van der Waals surface area contributed by atoms with E-state index in [1.165, 1.54) is 29.8 Å². The van der Waals surface area contributed by atoms with Crippen LogP contribution < -0.4 is 0 Å². The maximum absolute atomic E-state index is 3.55. The van der Waals surface area contributed by atoms with Crippen molar-refractivity contribution in [1.29, 1.82) is 0 Å². The van der Waals surface area contributed by atoms with Gasteiger partial charge < -0.3 is 4.98 Å². The van der Waals surface area contributed by atoms with E-state index in [2.05, 4.69) is 32.7 Å². The fourth-order valence-corrected chi connectivity index (χ4v) is 2.06. The Morgan fingerprint density at radius 1 is 1.00 bits per heavy atom. The van der Waals surface area contributed by atoms with Crippen LogP contribution in [0.1, 0.15) is 49.7 Å². The van der Waals surface area contributed by atoms with Crippen molar-refractivity contribution in [3.63, 3.8) is 0 Å². The molecule has 1 nitrogen and oxygen atoms in total. The highest BCUT2D eigenvalue weighted by atomic mass is 14.7. The molecule has 1 rings (SSSR count). The summed E-state index contributed by atoms with van der Waals surface area (Å²) in [5.74, 6) is 0. The monoisotopic (exact) mass is 179 g/mol. The van der Waals surface area contributed by atoms with Crippen LogP contribution in [0.4, 0.5) is 0 Å². The summed E-state index contributed by atoms with van der Waals surface area (Å²) in [6.07, 6.45) is 4.72. The lowest BCUT2D eigenvalue weighted by molar-refractivity contribution is 0.864. The van der Waals surface area contributed by atoms with Crippen molar-refractivity contribution in [3.05, 3.63) is 22.5 Å². The van der Waals surface area contributed by atoms with Gasteiger partial charge in [0.15, 0.2) is 0 Å². The van der Waals surface area contributed by atoms with Crippen LogP contribution in [-0.2, 0) is 19.3 Å². The van der Waals surface area contributed by atoms with E-state index in [1.54, 1.807) is 5.56 Å². The smallest absolute Gasteiger partial charge is 0.0184 e. The Labute approximate surface area is 81.6 Å². The third-order valence-electron chi connectivity index (χ3n) is 2.78. The molecule has 0 saturated carbocycles. The molecule has 13 heavy (non-hydrogen) atoms. The van der Waals surface area contributed by atoms with E-state index in [1.807, 2.05) is 0 Å². The lowest BCUT2D eigenvalue weighted by Gasteiger charge is -1.99. The molecule has 0 aliphatic carbocycles. The summed E-state index contributed by atoms with van der Waals surface area (Å²) in [6, 6.07) is 0. The van der Waals surface area contributed by atoms with Crippen LogP contribution in [0.15, 0.2) is 0 Å². The number of aryl methyl sites for hydroxylation is 2. The number of hydrogen-bond donors (Lipinski definition) is 1. The molecule has 1 N–H and O–H groups in total. The second-order valence-corrected chi connectivity index (χ2v) is 3.64. The molecule has 0 amide bonds. The molecule has 0 saturated heterocycles. The highest BCUT2D eigenvalue weighted by Gasteiger charge is 2.09. The molecule has 0 aliphatic rings. The Bertz CT molecular complexity index is 271. The van der Waals surface area contributed by atoms with E-state index in [4.69, 9.17) is 0 Å². The molecular weight excluding hydrogens is 158 g/mol. The topological polar surface area (TPSA) is 15.8 Å². The maximum Gasteiger partial charge on any atom is 0.0184 e. The molecule has 0 spiro atoms. The van der Waals surface area contributed by atoms with Gasteiger partial charge in [-0.15, -0.1) is 0 Å². The van der Waals surface area contributed by atoms with Gasteiger partial charge in [0.05, 0.1) is 0 Å². The minimum absolute atomic E-state index is 1.13. The van der Waals surface area contributed by atoms with Crippen LogP contribution in [-0.4, -0.2) is 4.98 Å². The number of aromatic nitrogens is 1. The summed E-state index contributed by atoms with van der Waals surface area (Å²) < 4.78 is 0. The van der Waals surface area contributed by atoms with Crippen molar-refractivity contribution in [2.24, 2.45) is 0 Å². The first-order valence-electron chi connectivity index (χ1n) is 5.43. The van der Waals surface area contributed by atoms with E-state index < -0.39 is 0 Å². The number of hydrogen-bond acceptors (Lipinski definition) is 0. The molecule has 1 aromatic heterocycles. The Balaban J connectivity index is 3.04. The van der Waals surface area contributed by atoms with Crippen LogP contribution in [0.2, 0.25) is 0 Å². The minimum Gasteiger partial charge on any atom is -0.362 e. The van der Waals surface area contributed by atoms with Crippen LogP contribution >= 0.6 is 0 Å². The lowest BCUT2D eigenvalue weighted by Crippen LogP contribution is -1.90. The van der Waals surface area contributed by atoms with E-state index in [-0.39, 0.29) is 0 Å². The van der Waals surface area contributed by atoms with Gasteiger partial charge >= 0.3 is 0 Å². The number of rotatable bonds is 4. The molecule has 0 atom stereocenters. The number of aromatic amines is 1. The molecule has 0 aliphatic heterocycles. The first-order valence-corrected chi connectivity index (χ1v) is 5.43. The van der Waals surface area contributed by atoms with Gasteiger partial charge in [-0.1, -0.05) is 27.2 Å². The van der Waals surface area contributed by atoms with Gasteiger partial charge in [-0.25, -0.2) is 0 Å². The first kappa shape index (κ1) is 10.4. The Kier molecular flexibility index (Phi) is 3.58.